The van der Waals surface area contributed by atoms with Crippen LogP contribution in [-0.4, -0.2) is 54.1 Å². The maximum Gasteiger partial charge on any atom is 0.523 e. The average molecular weight is 426 g/mol. The van der Waals surface area contributed by atoms with Gasteiger partial charge >= 0.3 is 37.2 Å². The third-order valence-electron chi connectivity index (χ3n) is 2.84. The van der Waals surface area contributed by atoms with E-state index in [1.54, 1.807) is 0 Å². The van der Waals surface area contributed by atoms with Crippen molar-refractivity contribution < 1.29 is 61.1 Å². The summed E-state index contributed by atoms with van der Waals surface area (Å²) in [5.41, 5.74) is -14.3. The first-order valence-corrected chi connectivity index (χ1v) is 8.77. The maximum absolute atomic E-state index is 12.2. The van der Waals surface area contributed by atoms with Crippen molar-refractivity contribution in [3.63, 3.8) is 0 Å². The molecule has 0 aromatic heterocycles. The van der Waals surface area contributed by atoms with Crippen LogP contribution in [0.5, 0.6) is 0 Å². The Kier molecular flexibility index (Phi) is 7.28. The van der Waals surface area contributed by atoms with Crippen LogP contribution in [-0.2, 0) is 38.1 Å². The average Bonchev–Trinajstić information content (AvgIpc) is 2.44. The number of halogens is 6. The van der Waals surface area contributed by atoms with Crippen LogP contribution in [0.3, 0.4) is 0 Å². The Bertz CT molecular complexity index is 630. The van der Waals surface area contributed by atoms with E-state index in [1.165, 1.54) is 0 Å². The summed E-state index contributed by atoms with van der Waals surface area (Å²) in [5, 5.41) is 0. The van der Waals surface area contributed by atoms with Crippen molar-refractivity contribution in [2.45, 2.75) is 24.4 Å². The Morgan fingerprint density at radius 3 is 1.36 bits per heavy atom. The van der Waals surface area contributed by atoms with E-state index in [4.69, 9.17) is 0 Å². The minimum absolute atomic E-state index is 0.666. The molecule has 150 valence electrons. The van der Waals surface area contributed by atoms with Crippen molar-refractivity contribution in [3.8, 4) is 0 Å². The van der Waals surface area contributed by atoms with Crippen LogP contribution in [0, 0.1) is 5.41 Å². The molecule has 0 saturated carbocycles. The van der Waals surface area contributed by atoms with Crippen molar-refractivity contribution >= 4 is 26.2 Å². The third kappa shape index (κ3) is 5.68. The van der Waals surface area contributed by atoms with Crippen molar-refractivity contribution in [1.82, 2.24) is 0 Å². The van der Waals surface area contributed by atoms with Gasteiger partial charge in [0.05, 0.1) is 20.3 Å². The lowest BCUT2D eigenvalue weighted by Gasteiger charge is -2.28. The summed E-state index contributed by atoms with van der Waals surface area (Å²) in [6.45, 7) is -2.29. The van der Waals surface area contributed by atoms with E-state index in [0.29, 0.717) is 7.11 Å². The van der Waals surface area contributed by atoms with Crippen LogP contribution in [0.1, 0.15) is 13.3 Å². The standard InChI is InChI=1S/C9H12F6O8S2/c1-3-7(6(16)21-2,4-22-24(17,18)8(10,11)12)5-23-25(19,20)9(13,14)15/h3-5H2,1-2H3. The Balaban J connectivity index is 5.60. The van der Waals surface area contributed by atoms with Crippen LogP contribution < -0.4 is 0 Å². The molecule has 0 fully saturated rings. The number of hydrogen-bond acceptors (Lipinski definition) is 8. The lowest BCUT2D eigenvalue weighted by Crippen LogP contribution is -2.44. The molecule has 0 aromatic rings. The molecule has 0 saturated heterocycles. The molecule has 0 atom stereocenters. The van der Waals surface area contributed by atoms with Gasteiger partial charge in [-0.15, -0.1) is 0 Å². The van der Waals surface area contributed by atoms with E-state index < -0.39 is 62.3 Å². The van der Waals surface area contributed by atoms with Crippen molar-refractivity contribution in [3.05, 3.63) is 0 Å². The Morgan fingerprint density at radius 1 is 0.840 bits per heavy atom. The predicted molar refractivity (Wildman–Crippen MR) is 66.6 cm³/mol. The number of carbonyl (C=O) groups is 1. The van der Waals surface area contributed by atoms with Gasteiger partial charge in [-0.3, -0.25) is 13.2 Å². The van der Waals surface area contributed by atoms with Gasteiger partial charge in [-0.25, -0.2) is 0 Å². The summed E-state index contributed by atoms with van der Waals surface area (Å²) in [7, 11) is -11.7. The maximum atomic E-state index is 12.2. The number of methoxy groups -OCH3 is 1. The molecule has 25 heavy (non-hydrogen) atoms. The van der Waals surface area contributed by atoms with Crippen LogP contribution >= 0.6 is 0 Å². The minimum atomic E-state index is -6.20. The highest BCUT2D eigenvalue weighted by molar-refractivity contribution is 7.87. The zero-order valence-corrected chi connectivity index (χ0v) is 14.1. The SMILES string of the molecule is CCC(COS(=O)(=O)C(F)(F)F)(COS(=O)(=O)C(F)(F)F)C(=O)OC. The molecule has 0 bridgehead atoms. The van der Waals surface area contributed by atoms with E-state index in [9.17, 15) is 48.0 Å². The molecule has 0 aliphatic rings. The molecule has 0 N–H and O–H groups in total. The molecule has 0 unspecified atom stereocenters. The van der Waals surface area contributed by atoms with Crippen LogP contribution in [0.15, 0.2) is 0 Å². The zero-order chi connectivity index (χ0) is 20.3. The van der Waals surface area contributed by atoms with E-state index in [0.717, 1.165) is 6.92 Å². The summed E-state index contributed by atoms with van der Waals surface area (Å²) in [6, 6.07) is 0. The van der Waals surface area contributed by atoms with Gasteiger partial charge in [-0.05, 0) is 6.42 Å². The van der Waals surface area contributed by atoms with Gasteiger partial charge in [0.25, 0.3) is 0 Å². The smallest absolute Gasteiger partial charge is 0.468 e. The number of carbonyl (C=O) groups excluding carboxylic acids is 1. The monoisotopic (exact) mass is 426 g/mol. The summed E-state index contributed by atoms with van der Waals surface area (Å²) < 4.78 is 128. The van der Waals surface area contributed by atoms with Gasteiger partial charge in [0.15, 0.2) is 0 Å². The van der Waals surface area contributed by atoms with Gasteiger partial charge in [-0.2, -0.15) is 43.2 Å². The molecule has 0 aliphatic carbocycles. The van der Waals surface area contributed by atoms with Crippen molar-refractivity contribution in [2.24, 2.45) is 5.41 Å². The van der Waals surface area contributed by atoms with Crippen LogP contribution in [0.25, 0.3) is 0 Å². The van der Waals surface area contributed by atoms with Gasteiger partial charge in [0.1, 0.15) is 5.41 Å². The second kappa shape index (κ2) is 7.63. The number of hydrogen-bond donors (Lipinski definition) is 0. The molecule has 16 heteroatoms. The number of alkyl halides is 6. The van der Waals surface area contributed by atoms with E-state index in [1.807, 2.05) is 0 Å². The molecule has 8 nitrogen and oxygen atoms in total. The second-order valence-electron chi connectivity index (χ2n) is 4.45. The highest BCUT2D eigenvalue weighted by Gasteiger charge is 2.52. The summed E-state index contributed by atoms with van der Waals surface area (Å²) >= 11 is 0. The lowest BCUT2D eigenvalue weighted by molar-refractivity contribution is -0.158. The summed E-state index contributed by atoms with van der Waals surface area (Å²) in [4.78, 5) is 11.7. The lowest BCUT2D eigenvalue weighted by atomic mass is 9.87. The quantitative estimate of drug-likeness (QED) is 0.247. The highest BCUT2D eigenvalue weighted by Crippen LogP contribution is 2.33. The van der Waals surface area contributed by atoms with Crippen LogP contribution in [0.2, 0.25) is 0 Å². The molecule has 0 aromatic carbocycles. The predicted octanol–water partition coefficient (Wildman–Crippen LogP) is 1.29. The zero-order valence-electron chi connectivity index (χ0n) is 12.5. The highest BCUT2D eigenvalue weighted by atomic mass is 32.2. The van der Waals surface area contributed by atoms with E-state index >= 15 is 0 Å². The number of esters is 1. The Hall–Kier alpha value is -1.13. The first kappa shape index (κ1) is 23.9. The first-order chi connectivity index (χ1) is 11.0. The molecule has 0 aliphatic heterocycles. The Morgan fingerprint density at radius 2 is 1.16 bits per heavy atom. The van der Waals surface area contributed by atoms with Crippen LogP contribution in [0.4, 0.5) is 26.3 Å². The fourth-order valence-corrected chi connectivity index (χ4v) is 2.27. The molecule has 0 radical (unpaired) electrons. The van der Waals surface area contributed by atoms with Gasteiger partial charge < -0.3 is 4.74 Å². The summed E-state index contributed by atoms with van der Waals surface area (Å²) in [5.74, 6) is -1.54. The second-order valence-corrected chi connectivity index (χ2v) is 7.66. The molecule has 0 rings (SSSR count). The van der Waals surface area contributed by atoms with Gasteiger partial charge in [0, 0.05) is 0 Å². The molecular formula is C9H12F6O8S2. The third-order valence-corrected chi connectivity index (χ3v) is 4.83. The largest absolute Gasteiger partial charge is 0.523 e. The normalized spacial score (nSPS) is 14.4. The minimum Gasteiger partial charge on any atom is -0.468 e. The van der Waals surface area contributed by atoms with Gasteiger partial charge in [0.2, 0.25) is 0 Å². The molecule has 0 heterocycles. The number of rotatable bonds is 8. The molecule has 0 amide bonds. The topological polar surface area (TPSA) is 113 Å². The molecule has 0 spiro atoms. The first-order valence-electron chi connectivity index (χ1n) is 5.95. The van der Waals surface area contributed by atoms with Crippen molar-refractivity contribution in [2.75, 3.05) is 20.3 Å². The fraction of sp³-hybridized carbons (Fsp3) is 0.889. The van der Waals surface area contributed by atoms with Gasteiger partial charge in [-0.1, -0.05) is 6.92 Å². The summed E-state index contributed by atoms with van der Waals surface area (Å²) in [6.07, 6.45) is -0.666. The van der Waals surface area contributed by atoms with E-state index in [2.05, 4.69) is 13.1 Å². The Labute approximate surface area is 138 Å². The van der Waals surface area contributed by atoms with E-state index in [-0.39, 0.29) is 0 Å². The molecular weight excluding hydrogens is 414 g/mol. The fourth-order valence-electron chi connectivity index (χ4n) is 1.24. The number of ether oxygens (including phenoxy) is 1. The van der Waals surface area contributed by atoms with Crippen molar-refractivity contribution in [1.29, 1.82) is 0 Å².